The van der Waals surface area contributed by atoms with Gasteiger partial charge < -0.3 is 24.0 Å². The Morgan fingerprint density at radius 2 is 1.17 bits per heavy atom. The van der Waals surface area contributed by atoms with Crippen molar-refractivity contribution in [2.24, 2.45) is 0 Å². The van der Waals surface area contributed by atoms with Crippen LogP contribution in [-0.4, -0.2) is 108 Å². The Labute approximate surface area is 209 Å². The van der Waals surface area contributed by atoms with E-state index in [1.165, 1.54) is 0 Å². The molecule has 2 aliphatic heterocycles. The molecule has 2 fully saturated rings. The SMILES string of the molecule is COCCN(CC(=O)N1CCC[C@@H]1C(=O)OC(C)(C)C)CC(=O)N1CCC[C@@H]1C(=O)OC(C)(C)C. The topological polar surface area (TPSA) is 106 Å². The van der Waals surface area contributed by atoms with Crippen LogP contribution in [-0.2, 0) is 33.4 Å². The number of carbonyl (C=O) groups is 4. The Balaban J connectivity index is 2.04. The highest BCUT2D eigenvalue weighted by Gasteiger charge is 2.39. The van der Waals surface area contributed by atoms with E-state index in [0.29, 0.717) is 39.1 Å². The second kappa shape index (κ2) is 12.2. The first kappa shape index (κ1) is 29.0. The second-order valence-electron chi connectivity index (χ2n) is 11.3. The van der Waals surface area contributed by atoms with Crippen molar-refractivity contribution in [2.45, 2.75) is 90.5 Å². The summed E-state index contributed by atoms with van der Waals surface area (Å²) in [4.78, 5) is 56.4. The Morgan fingerprint density at radius 1 is 0.771 bits per heavy atom. The molecule has 0 aliphatic carbocycles. The molecular formula is C25H43N3O7. The molecule has 200 valence electrons. The van der Waals surface area contributed by atoms with Gasteiger partial charge in [0.05, 0.1) is 19.7 Å². The zero-order valence-electron chi connectivity index (χ0n) is 22.4. The van der Waals surface area contributed by atoms with E-state index in [9.17, 15) is 19.2 Å². The molecule has 2 amide bonds. The van der Waals surface area contributed by atoms with Crippen molar-refractivity contribution in [3.8, 4) is 0 Å². The summed E-state index contributed by atoms with van der Waals surface area (Å²) in [5.41, 5.74) is -1.27. The van der Waals surface area contributed by atoms with Crippen molar-refractivity contribution < 1.29 is 33.4 Å². The number of carbonyl (C=O) groups excluding carboxylic acids is 4. The van der Waals surface area contributed by atoms with Gasteiger partial charge in [0.15, 0.2) is 0 Å². The predicted molar refractivity (Wildman–Crippen MR) is 129 cm³/mol. The van der Waals surface area contributed by atoms with Crippen LogP contribution in [0.25, 0.3) is 0 Å². The fraction of sp³-hybridized carbons (Fsp3) is 0.840. The number of rotatable bonds is 9. The molecule has 2 atom stereocenters. The Hall–Kier alpha value is -2.20. The molecule has 2 saturated heterocycles. The molecule has 0 bridgehead atoms. The molecule has 35 heavy (non-hydrogen) atoms. The highest BCUT2D eigenvalue weighted by molar-refractivity contribution is 5.88. The standard InChI is InChI=1S/C25H43N3O7/c1-24(2,3)34-22(31)18-10-8-12-27(18)20(29)16-26(14-15-33-7)17-21(30)28-13-9-11-19(28)23(32)35-25(4,5)6/h18-19H,8-17H2,1-7H3/t18-,19-/m1/s1. The maximum atomic E-state index is 13.2. The van der Waals surface area contributed by atoms with Crippen LogP contribution in [0.15, 0.2) is 0 Å². The van der Waals surface area contributed by atoms with Gasteiger partial charge >= 0.3 is 11.9 Å². The first-order valence-electron chi connectivity index (χ1n) is 12.5. The summed E-state index contributed by atoms with van der Waals surface area (Å²) >= 11 is 0. The fourth-order valence-electron chi connectivity index (χ4n) is 4.36. The number of methoxy groups -OCH3 is 1. The lowest BCUT2D eigenvalue weighted by atomic mass is 10.1. The largest absolute Gasteiger partial charge is 0.458 e. The molecule has 0 unspecified atom stereocenters. The summed E-state index contributed by atoms with van der Waals surface area (Å²) in [5.74, 6) is -1.26. The number of esters is 2. The molecule has 2 rings (SSSR count). The summed E-state index contributed by atoms with van der Waals surface area (Å²) in [5, 5.41) is 0. The van der Waals surface area contributed by atoms with Crippen molar-refractivity contribution in [3.63, 3.8) is 0 Å². The molecule has 0 aromatic rings. The van der Waals surface area contributed by atoms with Gasteiger partial charge in [-0.2, -0.15) is 0 Å². The van der Waals surface area contributed by atoms with Crippen LogP contribution in [0.4, 0.5) is 0 Å². The predicted octanol–water partition coefficient (Wildman–Crippen LogP) is 1.60. The van der Waals surface area contributed by atoms with Gasteiger partial charge in [-0.15, -0.1) is 0 Å². The number of nitrogens with zero attached hydrogens (tertiary/aromatic N) is 3. The number of hydrogen-bond donors (Lipinski definition) is 0. The summed E-state index contributed by atoms with van der Waals surface area (Å²) in [6, 6.07) is -1.23. The van der Waals surface area contributed by atoms with E-state index in [2.05, 4.69) is 0 Å². The van der Waals surface area contributed by atoms with E-state index < -0.39 is 35.2 Å². The van der Waals surface area contributed by atoms with Gasteiger partial charge in [-0.25, -0.2) is 9.59 Å². The third kappa shape index (κ3) is 9.07. The average molecular weight is 498 g/mol. The molecule has 0 aromatic heterocycles. The molecule has 0 aromatic carbocycles. The zero-order chi connectivity index (χ0) is 26.4. The highest BCUT2D eigenvalue weighted by atomic mass is 16.6. The average Bonchev–Trinajstić information content (AvgIpc) is 3.38. The van der Waals surface area contributed by atoms with Crippen LogP contribution in [0.3, 0.4) is 0 Å². The minimum absolute atomic E-state index is 0.0284. The quantitative estimate of drug-likeness (QED) is 0.443. The maximum Gasteiger partial charge on any atom is 0.329 e. The van der Waals surface area contributed by atoms with Crippen LogP contribution in [0.1, 0.15) is 67.2 Å². The van der Waals surface area contributed by atoms with Crippen LogP contribution in [0.2, 0.25) is 0 Å². The minimum atomic E-state index is -0.633. The first-order valence-corrected chi connectivity index (χ1v) is 12.5. The number of likely N-dealkylation sites (tertiary alicyclic amines) is 2. The molecule has 0 saturated carbocycles. The lowest BCUT2D eigenvalue weighted by Crippen LogP contribution is -2.51. The van der Waals surface area contributed by atoms with Crippen molar-refractivity contribution in [2.75, 3.05) is 46.4 Å². The van der Waals surface area contributed by atoms with E-state index in [0.717, 1.165) is 12.8 Å². The van der Waals surface area contributed by atoms with E-state index in [1.807, 2.05) is 0 Å². The van der Waals surface area contributed by atoms with Gasteiger partial charge in [0.25, 0.3) is 0 Å². The monoisotopic (exact) mass is 497 g/mol. The summed E-state index contributed by atoms with van der Waals surface area (Å²) in [6.07, 6.45) is 2.56. The molecular weight excluding hydrogens is 454 g/mol. The zero-order valence-corrected chi connectivity index (χ0v) is 22.4. The third-order valence-electron chi connectivity index (χ3n) is 5.83. The molecule has 10 heteroatoms. The molecule has 0 radical (unpaired) electrons. The Bertz CT molecular complexity index is 712. The van der Waals surface area contributed by atoms with Crippen LogP contribution in [0, 0.1) is 0 Å². The maximum absolute atomic E-state index is 13.2. The Morgan fingerprint density at radius 3 is 1.51 bits per heavy atom. The molecule has 0 N–H and O–H groups in total. The summed E-state index contributed by atoms with van der Waals surface area (Å²) in [6.45, 7) is 12.4. The molecule has 2 aliphatic rings. The van der Waals surface area contributed by atoms with Gasteiger partial charge in [0, 0.05) is 26.7 Å². The van der Waals surface area contributed by atoms with Gasteiger partial charge in [0.1, 0.15) is 23.3 Å². The summed E-state index contributed by atoms with van der Waals surface area (Å²) < 4.78 is 16.2. The number of amides is 2. The van der Waals surface area contributed by atoms with Gasteiger partial charge in [-0.3, -0.25) is 14.5 Å². The minimum Gasteiger partial charge on any atom is -0.458 e. The van der Waals surface area contributed by atoms with Crippen LogP contribution >= 0.6 is 0 Å². The van der Waals surface area contributed by atoms with Crippen LogP contribution in [0.5, 0.6) is 0 Å². The van der Waals surface area contributed by atoms with Crippen molar-refractivity contribution in [3.05, 3.63) is 0 Å². The molecule has 0 spiro atoms. The third-order valence-corrected chi connectivity index (χ3v) is 5.83. The van der Waals surface area contributed by atoms with Crippen molar-refractivity contribution >= 4 is 23.8 Å². The lowest BCUT2D eigenvalue weighted by Gasteiger charge is -2.31. The lowest BCUT2D eigenvalue weighted by molar-refractivity contribution is -0.163. The van der Waals surface area contributed by atoms with Gasteiger partial charge in [-0.05, 0) is 67.2 Å². The van der Waals surface area contributed by atoms with E-state index in [4.69, 9.17) is 14.2 Å². The van der Waals surface area contributed by atoms with Crippen LogP contribution < -0.4 is 0 Å². The number of hydrogen-bond acceptors (Lipinski definition) is 8. The van der Waals surface area contributed by atoms with Crippen molar-refractivity contribution in [1.82, 2.24) is 14.7 Å². The normalized spacial score (nSPS) is 20.9. The number of ether oxygens (including phenoxy) is 3. The van der Waals surface area contributed by atoms with Crippen molar-refractivity contribution in [1.29, 1.82) is 0 Å². The molecule has 10 nitrogen and oxygen atoms in total. The smallest absolute Gasteiger partial charge is 0.329 e. The van der Waals surface area contributed by atoms with E-state index in [1.54, 1.807) is 63.4 Å². The van der Waals surface area contributed by atoms with E-state index in [-0.39, 0.29) is 24.9 Å². The van der Waals surface area contributed by atoms with E-state index >= 15 is 0 Å². The fourth-order valence-corrected chi connectivity index (χ4v) is 4.36. The molecule has 2 heterocycles. The second-order valence-corrected chi connectivity index (χ2v) is 11.3. The highest BCUT2D eigenvalue weighted by Crippen LogP contribution is 2.23. The van der Waals surface area contributed by atoms with Gasteiger partial charge in [-0.1, -0.05) is 0 Å². The summed E-state index contributed by atoms with van der Waals surface area (Å²) in [7, 11) is 1.56. The van der Waals surface area contributed by atoms with Gasteiger partial charge in [0.2, 0.25) is 11.8 Å². The Kier molecular flexibility index (Phi) is 10.1. The first-order chi connectivity index (χ1) is 16.2.